The smallest absolute Gasteiger partial charge is 0.411 e. The zero-order valence-corrected chi connectivity index (χ0v) is 25.4. The lowest BCUT2D eigenvalue weighted by Crippen LogP contribution is -2.66. The molecule has 0 radical (unpaired) electrons. The summed E-state index contributed by atoms with van der Waals surface area (Å²) < 4.78 is 17.8. The van der Waals surface area contributed by atoms with Gasteiger partial charge in [-0.1, -0.05) is 39.8 Å². The Morgan fingerprint density at radius 3 is 2.50 bits per heavy atom. The van der Waals surface area contributed by atoms with Crippen molar-refractivity contribution in [2.45, 2.75) is 116 Å². The summed E-state index contributed by atoms with van der Waals surface area (Å²) in [6.07, 6.45) is -0.858. The lowest BCUT2D eigenvalue weighted by Gasteiger charge is -2.47. The first-order valence-electron chi connectivity index (χ1n) is 13.5. The van der Waals surface area contributed by atoms with Crippen LogP contribution in [-0.4, -0.2) is 77.1 Å². The molecule has 1 aromatic rings. The average Bonchev–Trinajstić information content (AvgIpc) is 2.79. The summed E-state index contributed by atoms with van der Waals surface area (Å²) in [5.74, 6) is 0.757. The van der Waals surface area contributed by atoms with Gasteiger partial charge in [0.25, 0.3) is 0 Å². The Morgan fingerprint density at radius 1 is 1.24 bits per heavy atom. The molecule has 38 heavy (non-hydrogen) atoms. The highest BCUT2D eigenvalue weighted by Gasteiger charge is 2.46. The summed E-state index contributed by atoms with van der Waals surface area (Å²) in [6, 6.07) is 6.21. The van der Waals surface area contributed by atoms with Gasteiger partial charge in [-0.05, 0) is 69.4 Å². The first-order chi connectivity index (χ1) is 17.6. The second kappa shape index (κ2) is 14.0. The molecule has 1 saturated heterocycles. The van der Waals surface area contributed by atoms with Crippen LogP contribution in [0.1, 0.15) is 74.3 Å². The van der Waals surface area contributed by atoms with Crippen LogP contribution in [0.15, 0.2) is 29.2 Å². The van der Waals surface area contributed by atoms with E-state index in [4.69, 9.17) is 14.2 Å². The van der Waals surface area contributed by atoms with Crippen molar-refractivity contribution in [2.75, 3.05) is 19.0 Å². The highest BCUT2D eigenvalue weighted by molar-refractivity contribution is 7.99. The average molecular weight is 553 g/mol. The second-order valence-corrected chi connectivity index (χ2v) is 13.4. The van der Waals surface area contributed by atoms with E-state index in [2.05, 4.69) is 45.1 Å². The molecule has 2 N–H and O–H groups in total. The number of amides is 2. The summed E-state index contributed by atoms with van der Waals surface area (Å²) in [5.41, 5.74) is 0.181. The summed E-state index contributed by atoms with van der Waals surface area (Å²) >= 11 is 1.78. The molecule has 216 valence electrons. The molecule has 0 aliphatic carbocycles. The number of morpholine rings is 1. The molecule has 1 aliphatic heterocycles. The van der Waals surface area contributed by atoms with E-state index >= 15 is 0 Å². The van der Waals surface area contributed by atoms with Crippen molar-refractivity contribution in [3.05, 3.63) is 29.8 Å². The van der Waals surface area contributed by atoms with Crippen LogP contribution in [0.3, 0.4) is 0 Å². The molecule has 1 aromatic carbocycles. The van der Waals surface area contributed by atoms with Gasteiger partial charge in [0, 0.05) is 11.8 Å². The van der Waals surface area contributed by atoms with Crippen molar-refractivity contribution in [1.82, 2.24) is 10.2 Å². The van der Waals surface area contributed by atoms with E-state index in [0.29, 0.717) is 13.0 Å². The standard InChI is InChI=1S/C29H48N2O6S/c1-10-14-38-22-13-11-12-21(15-22)16-23(30-20(3)32)25(33)24-17-35-26(36-18-28(4,5)6)19(2)31(24)27(34)37-29(7,8)9/h11-13,15,19,23-26,33H,10,14,16-18H2,1-9H3,(H,30,32)/t19-,23-,24+,25-,26-/m0/s1. The van der Waals surface area contributed by atoms with Crippen molar-refractivity contribution in [1.29, 1.82) is 0 Å². The molecule has 1 fully saturated rings. The normalized spacial score (nSPS) is 22.1. The third-order valence-corrected chi connectivity index (χ3v) is 7.13. The van der Waals surface area contributed by atoms with Gasteiger partial charge >= 0.3 is 6.09 Å². The highest BCUT2D eigenvalue weighted by Crippen LogP contribution is 2.28. The van der Waals surface area contributed by atoms with Gasteiger partial charge in [0.1, 0.15) is 5.60 Å². The van der Waals surface area contributed by atoms with E-state index in [-0.39, 0.29) is 17.9 Å². The number of benzene rings is 1. The van der Waals surface area contributed by atoms with Crippen molar-refractivity contribution in [3.8, 4) is 0 Å². The van der Waals surface area contributed by atoms with Gasteiger partial charge in [-0.15, -0.1) is 11.8 Å². The molecule has 5 atom stereocenters. The van der Waals surface area contributed by atoms with Crippen molar-refractivity contribution in [3.63, 3.8) is 0 Å². The fraction of sp³-hybridized carbons (Fsp3) is 0.724. The molecule has 2 rings (SSSR count). The molecule has 1 aliphatic rings. The van der Waals surface area contributed by atoms with Crippen LogP contribution >= 0.6 is 11.8 Å². The quantitative estimate of drug-likeness (QED) is 0.394. The van der Waals surface area contributed by atoms with Crippen LogP contribution in [0.2, 0.25) is 0 Å². The molecule has 0 unspecified atom stereocenters. The Balaban J connectivity index is 2.33. The van der Waals surface area contributed by atoms with Gasteiger partial charge in [0.05, 0.1) is 37.4 Å². The number of hydrogen-bond donors (Lipinski definition) is 2. The number of rotatable bonds is 10. The number of carbonyl (C=O) groups excluding carboxylic acids is 2. The number of thioether (sulfide) groups is 1. The molecule has 8 nitrogen and oxygen atoms in total. The minimum absolute atomic E-state index is 0.0437. The topological polar surface area (TPSA) is 97.3 Å². The molecule has 1 heterocycles. The van der Waals surface area contributed by atoms with Gasteiger partial charge in [0.15, 0.2) is 6.29 Å². The Bertz CT molecular complexity index is 913. The Hall–Kier alpha value is -1.81. The summed E-state index contributed by atoms with van der Waals surface area (Å²) in [5, 5.41) is 14.6. The highest BCUT2D eigenvalue weighted by atomic mass is 32.2. The van der Waals surface area contributed by atoms with Gasteiger partial charge in [-0.25, -0.2) is 4.79 Å². The minimum atomic E-state index is -1.11. The molecule has 0 spiro atoms. The van der Waals surface area contributed by atoms with Crippen molar-refractivity contribution in [2.24, 2.45) is 5.41 Å². The number of aliphatic hydroxyl groups is 1. The van der Waals surface area contributed by atoms with Crippen molar-refractivity contribution >= 4 is 23.8 Å². The maximum absolute atomic E-state index is 13.4. The maximum atomic E-state index is 13.4. The summed E-state index contributed by atoms with van der Waals surface area (Å²) in [6.45, 7) is 17.5. The van der Waals surface area contributed by atoms with Crippen LogP contribution in [-0.2, 0) is 25.4 Å². The van der Waals surface area contributed by atoms with Gasteiger partial charge in [-0.2, -0.15) is 0 Å². The summed E-state index contributed by atoms with van der Waals surface area (Å²) in [4.78, 5) is 28.2. The number of carbonyl (C=O) groups is 2. The van der Waals surface area contributed by atoms with Gasteiger partial charge < -0.3 is 24.6 Å². The largest absolute Gasteiger partial charge is 0.444 e. The lowest BCUT2D eigenvalue weighted by atomic mass is 9.94. The third-order valence-electron chi connectivity index (χ3n) is 5.93. The zero-order chi connectivity index (χ0) is 28.7. The number of hydrogen-bond acceptors (Lipinski definition) is 7. The van der Waals surface area contributed by atoms with Crippen LogP contribution in [0, 0.1) is 5.41 Å². The Kier molecular flexibility index (Phi) is 11.9. The molecule has 0 saturated carbocycles. The van der Waals surface area contributed by atoms with Gasteiger partial charge in [0.2, 0.25) is 5.91 Å². The van der Waals surface area contributed by atoms with Crippen LogP contribution in [0.5, 0.6) is 0 Å². The van der Waals surface area contributed by atoms with E-state index in [1.54, 1.807) is 32.5 Å². The first kappa shape index (κ1) is 32.4. The number of nitrogens with one attached hydrogen (secondary N) is 1. The fourth-order valence-electron chi connectivity index (χ4n) is 4.27. The van der Waals surface area contributed by atoms with E-state index < -0.39 is 42.2 Å². The van der Waals surface area contributed by atoms with Crippen LogP contribution in [0.4, 0.5) is 4.79 Å². The molecule has 9 heteroatoms. The summed E-state index contributed by atoms with van der Waals surface area (Å²) in [7, 11) is 0. The maximum Gasteiger partial charge on any atom is 0.411 e. The Labute approximate surface area is 233 Å². The number of aliphatic hydroxyl groups excluding tert-OH is 1. The molecular formula is C29H48N2O6S. The monoisotopic (exact) mass is 552 g/mol. The fourth-order valence-corrected chi connectivity index (χ4v) is 5.12. The third kappa shape index (κ3) is 10.4. The zero-order valence-electron chi connectivity index (χ0n) is 24.6. The molecular weight excluding hydrogens is 504 g/mol. The second-order valence-electron chi connectivity index (χ2n) is 12.3. The SMILES string of the molecule is CCCSc1cccc(C[C@H](NC(C)=O)[C@H](O)[C@H]2CO[C@@H](OCC(C)(C)C)[C@H](C)N2C(=O)OC(C)(C)C)c1. The van der Waals surface area contributed by atoms with E-state index in [1.807, 2.05) is 19.1 Å². The molecule has 0 bridgehead atoms. The lowest BCUT2D eigenvalue weighted by molar-refractivity contribution is -0.233. The predicted molar refractivity (Wildman–Crippen MR) is 151 cm³/mol. The minimum Gasteiger partial charge on any atom is -0.444 e. The van der Waals surface area contributed by atoms with Crippen LogP contribution < -0.4 is 5.32 Å². The van der Waals surface area contributed by atoms with E-state index in [0.717, 1.165) is 22.6 Å². The number of ether oxygens (including phenoxy) is 3. The first-order valence-corrected chi connectivity index (χ1v) is 14.5. The van der Waals surface area contributed by atoms with Gasteiger partial charge in [-0.3, -0.25) is 9.69 Å². The van der Waals surface area contributed by atoms with Crippen molar-refractivity contribution < 1.29 is 28.9 Å². The number of nitrogens with zero attached hydrogens (tertiary/aromatic N) is 1. The van der Waals surface area contributed by atoms with Crippen LogP contribution in [0.25, 0.3) is 0 Å². The molecule has 0 aromatic heterocycles. The van der Waals surface area contributed by atoms with E-state index in [1.165, 1.54) is 11.8 Å². The molecule has 2 amide bonds. The Morgan fingerprint density at radius 2 is 1.92 bits per heavy atom. The van der Waals surface area contributed by atoms with E-state index in [9.17, 15) is 14.7 Å². The predicted octanol–water partition coefficient (Wildman–Crippen LogP) is 5.01.